The van der Waals surface area contributed by atoms with Gasteiger partial charge in [-0.1, -0.05) is 23.7 Å². The summed E-state index contributed by atoms with van der Waals surface area (Å²) < 4.78 is 17.8. The van der Waals surface area contributed by atoms with Crippen LogP contribution in [0.15, 0.2) is 46.9 Å². The lowest BCUT2D eigenvalue weighted by molar-refractivity contribution is -0.122. The van der Waals surface area contributed by atoms with Crippen LogP contribution in [0.3, 0.4) is 0 Å². The molecule has 2 atom stereocenters. The maximum Gasteiger partial charge on any atom is 0.265 e. The summed E-state index contributed by atoms with van der Waals surface area (Å²) in [5.41, 5.74) is 0.603. The van der Waals surface area contributed by atoms with Crippen LogP contribution >= 0.6 is 27.5 Å². The first kappa shape index (κ1) is 20.0. The van der Waals surface area contributed by atoms with Crippen molar-refractivity contribution in [3.05, 3.63) is 52.0 Å². The van der Waals surface area contributed by atoms with Crippen LogP contribution in [-0.2, 0) is 9.53 Å². The van der Waals surface area contributed by atoms with E-state index < -0.39 is 6.10 Å². The molecule has 0 aromatic heterocycles. The Bertz CT molecular complexity index is 795. The zero-order valence-electron chi connectivity index (χ0n) is 14.9. The van der Waals surface area contributed by atoms with E-state index in [2.05, 4.69) is 21.2 Å². The number of carbonyl (C=O) groups excluding carboxylic acids is 1. The van der Waals surface area contributed by atoms with E-state index in [4.69, 9.17) is 25.8 Å². The van der Waals surface area contributed by atoms with Crippen molar-refractivity contribution in [1.29, 1.82) is 0 Å². The number of carbonyl (C=O) groups is 1. The third-order valence-electron chi connectivity index (χ3n) is 4.16. The van der Waals surface area contributed by atoms with Crippen LogP contribution in [0.4, 0.5) is 5.69 Å². The summed E-state index contributed by atoms with van der Waals surface area (Å²) in [6, 6.07) is 12.5. The van der Waals surface area contributed by atoms with Gasteiger partial charge in [-0.05, 0) is 66.0 Å². The van der Waals surface area contributed by atoms with Crippen molar-refractivity contribution in [1.82, 2.24) is 0 Å². The molecule has 0 aliphatic carbocycles. The van der Waals surface area contributed by atoms with Crippen LogP contribution < -0.4 is 14.8 Å². The molecular weight excluding hydrogens is 434 g/mol. The molecule has 144 valence electrons. The second kappa shape index (κ2) is 9.44. The lowest BCUT2D eigenvalue weighted by Gasteiger charge is -2.18. The molecule has 27 heavy (non-hydrogen) atoms. The number of ether oxygens (including phenoxy) is 3. The third kappa shape index (κ3) is 5.61. The molecule has 1 amide bonds. The number of hydrogen-bond acceptors (Lipinski definition) is 4. The standard InChI is InChI=1S/C20H21BrClNO4/c1-13(27-18-9-8-14(22)11-16(18)21)20(24)23-17-6-2-3-7-19(17)26-12-15-5-4-10-25-15/h2-3,6-9,11,13,15H,4-5,10,12H2,1H3,(H,23,24). The van der Waals surface area contributed by atoms with Crippen LogP contribution in [0.1, 0.15) is 19.8 Å². The Labute approximate surface area is 172 Å². The summed E-state index contributed by atoms with van der Waals surface area (Å²) in [5, 5.41) is 3.45. The highest BCUT2D eigenvalue weighted by atomic mass is 79.9. The smallest absolute Gasteiger partial charge is 0.265 e. The third-order valence-corrected chi connectivity index (χ3v) is 5.02. The van der Waals surface area contributed by atoms with Crippen LogP contribution in [-0.4, -0.2) is 31.3 Å². The highest BCUT2D eigenvalue weighted by Gasteiger charge is 2.20. The fourth-order valence-electron chi connectivity index (χ4n) is 2.70. The molecule has 0 saturated carbocycles. The lowest BCUT2D eigenvalue weighted by Crippen LogP contribution is -2.30. The Kier molecular flexibility index (Phi) is 6.99. The van der Waals surface area contributed by atoms with Gasteiger partial charge in [0.25, 0.3) is 5.91 Å². The van der Waals surface area contributed by atoms with E-state index in [1.54, 1.807) is 31.2 Å². The first-order valence-electron chi connectivity index (χ1n) is 8.79. The van der Waals surface area contributed by atoms with Crippen molar-refractivity contribution in [3.8, 4) is 11.5 Å². The number of nitrogens with one attached hydrogen (secondary N) is 1. The minimum Gasteiger partial charge on any atom is -0.489 e. The summed E-state index contributed by atoms with van der Waals surface area (Å²) >= 11 is 9.31. The zero-order valence-corrected chi connectivity index (χ0v) is 17.3. The van der Waals surface area contributed by atoms with E-state index in [9.17, 15) is 4.79 Å². The fraction of sp³-hybridized carbons (Fsp3) is 0.350. The second-order valence-corrected chi connectivity index (χ2v) is 7.56. The number of amides is 1. The van der Waals surface area contributed by atoms with Gasteiger partial charge in [-0.25, -0.2) is 0 Å². The molecule has 1 fully saturated rings. The molecule has 2 aromatic rings. The van der Waals surface area contributed by atoms with Gasteiger partial charge in [-0.3, -0.25) is 4.79 Å². The number of rotatable bonds is 7. The van der Waals surface area contributed by atoms with Gasteiger partial charge in [0.15, 0.2) is 6.10 Å². The van der Waals surface area contributed by atoms with Crippen LogP contribution in [0.25, 0.3) is 0 Å². The monoisotopic (exact) mass is 453 g/mol. The molecule has 7 heteroatoms. The summed E-state index contributed by atoms with van der Waals surface area (Å²) in [6.45, 7) is 2.93. The molecular formula is C20H21BrClNO4. The molecule has 0 spiro atoms. The molecule has 0 bridgehead atoms. The van der Waals surface area contributed by atoms with Gasteiger partial charge < -0.3 is 19.5 Å². The molecule has 1 aliphatic heterocycles. The molecule has 2 aromatic carbocycles. The minimum absolute atomic E-state index is 0.110. The lowest BCUT2D eigenvalue weighted by atomic mass is 10.2. The maximum atomic E-state index is 12.6. The van der Waals surface area contributed by atoms with E-state index in [-0.39, 0.29) is 12.0 Å². The van der Waals surface area contributed by atoms with Crippen molar-refractivity contribution in [2.75, 3.05) is 18.5 Å². The Morgan fingerprint density at radius 3 is 2.89 bits per heavy atom. The average molecular weight is 455 g/mol. The predicted octanol–water partition coefficient (Wildman–Crippen LogP) is 5.07. The molecule has 1 aliphatic rings. The maximum absolute atomic E-state index is 12.6. The highest BCUT2D eigenvalue weighted by molar-refractivity contribution is 9.10. The molecule has 1 heterocycles. The average Bonchev–Trinajstić information content (AvgIpc) is 3.17. The second-order valence-electron chi connectivity index (χ2n) is 6.27. The van der Waals surface area contributed by atoms with Crippen molar-refractivity contribution < 1.29 is 19.0 Å². The first-order chi connectivity index (χ1) is 13.0. The molecule has 5 nitrogen and oxygen atoms in total. The molecule has 1 N–H and O–H groups in total. The largest absolute Gasteiger partial charge is 0.489 e. The summed E-state index contributed by atoms with van der Waals surface area (Å²) in [7, 11) is 0. The van der Waals surface area contributed by atoms with E-state index in [1.807, 2.05) is 18.2 Å². The Balaban J connectivity index is 1.61. The Morgan fingerprint density at radius 1 is 1.33 bits per heavy atom. The molecule has 2 unspecified atom stereocenters. The van der Waals surface area contributed by atoms with E-state index in [0.29, 0.717) is 33.3 Å². The molecule has 0 radical (unpaired) electrons. The predicted molar refractivity (Wildman–Crippen MR) is 109 cm³/mol. The van der Waals surface area contributed by atoms with Gasteiger partial charge in [0.2, 0.25) is 0 Å². The normalized spacial score (nSPS) is 17.4. The van der Waals surface area contributed by atoms with E-state index in [0.717, 1.165) is 19.4 Å². The Morgan fingerprint density at radius 2 is 2.15 bits per heavy atom. The van der Waals surface area contributed by atoms with Gasteiger partial charge in [0.05, 0.1) is 16.3 Å². The van der Waals surface area contributed by atoms with E-state index >= 15 is 0 Å². The van der Waals surface area contributed by atoms with Crippen LogP contribution in [0, 0.1) is 0 Å². The van der Waals surface area contributed by atoms with Gasteiger partial charge in [-0.15, -0.1) is 0 Å². The summed E-state index contributed by atoms with van der Waals surface area (Å²) in [4.78, 5) is 12.6. The first-order valence-corrected chi connectivity index (χ1v) is 9.96. The SMILES string of the molecule is CC(Oc1ccc(Cl)cc1Br)C(=O)Nc1ccccc1OCC1CCCO1. The number of para-hydroxylation sites is 2. The number of anilines is 1. The topological polar surface area (TPSA) is 56.8 Å². The van der Waals surface area contributed by atoms with Gasteiger partial charge in [-0.2, -0.15) is 0 Å². The highest BCUT2D eigenvalue weighted by Crippen LogP contribution is 2.29. The number of hydrogen-bond donors (Lipinski definition) is 1. The van der Waals surface area contributed by atoms with Crippen LogP contribution in [0.2, 0.25) is 5.02 Å². The van der Waals surface area contributed by atoms with Crippen molar-refractivity contribution in [3.63, 3.8) is 0 Å². The Hall–Kier alpha value is -1.76. The molecule has 3 rings (SSSR count). The summed E-state index contributed by atoms with van der Waals surface area (Å²) in [5.74, 6) is 0.885. The van der Waals surface area contributed by atoms with E-state index in [1.165, 1.54) is 0 Å². The number of benzene rings is 2. The van der Waals surface area contributed by atoms with Crippen LogP contribution in [0.5, 0.6) is 11.5 Å². The number of halogens is 2. The van der Waals surface area contributed by atoms with Crippen molar-refractivity contribution in [2.45, 2.75) is 32.0 Å². The van der Waals surface area contributed by atoms with Gasteiger partial charge in [0, 0.05) is 11.6 Å². The quantitative estimate of drug-likeness (QED) is 0.635. The van der Waals surface area contributed by atoms with Gasteiger partial charge in [0.1, 0.15) is 18.1 Å². The zero-order chi connectivity index (χ0) is 19.2. The van der Waals surface area contributed by atoms with Crippen molar-refractivity contribution in [2.24, 2.45) is 0 Å². The summed E-state index contributed by atoms with van der Waals surface area (Å²) in [6.07, 6.45) is 1.46. The minimum atomic E-state index is -0.700. The van der Waals surface area contributed by atoms with Crippen molar-refractivity contribution >= 4 is 39.1 Å². The fourth-order valence-corrected chi connectivity index (χ4v) is 3.48. The van der Waals surface area contributed by atoms with Gasteiger partial charge >= 0.3 is 0 Å². The molecule has 1 saturated heterocycles.